The second-order valence-corrected chi connectivity index (χ2v) is 6.44. The van der Waals surface area contributed by atoms with E-state index in [0.717, 1.165) is 13.1 Å². The minimum atomic E-state index is -2.85. The lowest BCUT2D eigenvalue weighted by molar-refractivity contribution is 0.528. The third kappa shape index (κ3) is 2.60. The Morgan fingerprint density at radius 1 is 1.47 bits per heavy atom. The Balaban J connectivity index is 2.07. The largest absolute Gasteiger partial charge is 0.367 e. The van der Waals surface area contributed by atoms with Crippen LogP contribution in [0.5, 0.6) is 0 Å². The van der Waals surface area contributed by atoms with Crippen molar-refractivity contribution in [2.75, 3.05) is 18.6 Å². The maximum atomic E-state index is 11.1. The van der Waals surface area contributed by atoms with E-state index in [2.05, 4.69) is 10.3 Å². The molecule has 0 amide bonds. The lowest BCUT2D eigenvalue weighted by Gasteiger charge is -2.23. The zero-order valence-electron chi connectivity index (χ0n) is 8.79. The van der Waals surface area contributed by atoms with Crippen molar-refractivity contribution in [2.45, 2.75) is 18.9 Å². The topological polar surface area (TPSA) is 62.0 Å². The van der Waals surface area contributed by atoms with Gasteiger partial charge < -0.3 is 10.3 Å². The molecule has 0 saturated carbocycles. The molecule has 15 heavy (non-hydrogen) atoms. The Bertz CT molecular complexity index is 436. The summed E-state index contributed by atoms with van der Waals surface area (Å²) in [5, 5.41) is 3.30. The summed E-state index contributed by atoms with van der Waals surface area (Å²) < 4.78 is 22.2. The van der Waals surface area contributed by atoms with Crippen molar-refractivity contribution < 1.29 is 8.42 Å². The highest BCUT2D eigenvalue weighted by atomic mass is 32.2. The van der Waals surface area contributed by atoms with E-state index in [4.69, 9.17) is 0 Å². The lowest BCUT2D eigenvalue weighted by Crippen LogP contribution is -2.28. The minimum absolute atomic E-state index is 0.268. The van der Waals surface area contributed by atoms with E-state index in [0.29, 0.717) is 12.3 Å². The van der Waals surface area contributed by atoms with Gasteiger partial charge in [-0.2, -0.15) is 0 Å². The van der Waals surface area contributed by atoms with Gasteiger partial charge in [-0.25, -0.2) is 8.42 Å². The van der Waals surface area contributed by atoms with E-state index < -0.39 is 9.84 Å². The van der Waals surface area contributed by atoms with Gasteiger partial charge >= 0.3 is 0 Å². The molecule has 1 aliphatic heterocycles. The summed E-state index contributed by atoms with van der Waals surface area (Å²) in [6.07, 6.45) is 5.97. The fraction of sp³-hybridized carbons (Fsp3) is 0.600. The first kappa shape index (κ1) is 10.7. The van der Waals surface area contributed by atoms with E-state index in [9.17, 15) is 8.42 Å². The highest BCUT2D eigenvalue weighted by molar-refractivity contribution is 7.90. The molecule has 0 bridgehead atoms. The smallest absolute Gasteiger partial charge is 0.147 e. The predicted molar refractivity (Wildman–Crippen MR) is 59.6 cm³/mol. The SMILES string of the molecule is CS(=O)(=O)CCC1CNCc2c[nH]cc21. The van der Waals surface area contributed by atoms with E-state index in [1.807, 2.05) is 12.4 Å². The van der Waals surface area contributed by atoms with Gasteiger partial charge in [-0.05, 0) is 23.5 Å². The molecule has 1 aromatic rings. The number of hydrogen-bond donors (Lipinski definition) is 2. The van der Waals surface area contributed by atoms with Crippen LogP contribution in [0.1, 0.15) is 23.5 Å². The van der Waals surface area contributed by atoms with Crippen molar-refractivity contribution in [3.8, 4) is 0 Å². The van der Waals surface area contributed by atoms with Crippen molar-refractivity contribution in [1.29, 1.82) is 0 Å². The molecule has 2 heterocycles. The van der Waals surface area contributed by atoms with E-state index in [1.54, 1.807) is 0 Å². The van der Waals surface area contributed by atoms with Gasteiger partial charge in [0.15, 0.2) is 0 Å². The normalized spacial score (nSPS) is 21.3. The van der Waals surface area contributed by atoms with Crippen molar-refractivity contribution >= 4 is 9.84 Å². The highest BCUT2D eigenvalue weighted by Crippen LogP contribution is 2.26. The lowest BCUT2D eigenvalue weighted by atomic mass is 9.92. The van der Waals surface area contributed by atoms with Gasteiger partial charge in [0.25, 0.3) is 0 Å². The first-order chi connectivity index (χ1) is 7.06. The molecule has 1 unspecified atom stereocenters. The van der Waals surface area contributed by atoms with E-state index >= 15 is 0 Å². The maximum Gasteiger partial charge on any atom is 0.147 e. The van der Waals surface area contributed by atoms with Gasteiger partial charge in [0.2, 0.25) is 0 Å². The zero-order chi connectivity index (χ0) is 10.9. The van der Waals surface area contributed by atoms with Crippen LogP contribution in [0.4, 0.5) is 0 Å². The molecule has 0 saturated heterocycles. The molecule has 4 nitrogen and oxygen atoms in total. The number of sulfone groups is 1. The average Bonchev–Trinajstić information content (AvgIpc) is 2.61. The molecule has 84 valence electrons. The Labute approximate surface area is 90.0 Å². The molecule has 0 radical (unpaired) electrons. The Hall–Kier alpha value is -0.810. The van der Waals surface area contributed by atoms with Crippen molar-refractivity contribution in [3.05, 3.63) is 23.5 Å². The summed E-state index contributed by atoms with van der Waals surface area (Å²) in [6, 6.07) is 0. The fourth-order valence-electron chi connectivity index (χ4n) is 2.05. The summed E-state index contributed by atoms with van der Waals surface area (Å²) >= 11 is 0. The van der Waals surface area contributed by atoms with Crippen LogP contribution >= 0.6 is 0 Å². The number of nitrogens with one attached hydrogen (secondary N) is 2. The monoisotopic (exact) mass is 228 g/mol. The van der Waals surface area contributed by atoms with Crippen LogP contribution in [0.3, 0.4) is 0 Å². The van der Waals surface area contributed by atoms with Crippen molar-refractivity contribution in [2.24, 2.45) is 0 Å². The number of aromatic nitrogens is 1. The molecular weight excluding hydrogens is 212 g/mol. The standard InChI is InChI=1S/C10H16N2O2S/c1-15(13,14)3-2-8-4-11-5-9-6-12-7-10(8)9/h6-8,11-12H,2-5H2,1H3. The van der Waals surface area contributed by atoms with Gasteiger partial charge in [0, 0.05) is 31.7 Å². The zero-order valence-corrected chi connectivity index (χ0v) is 9.60. The van der Waals surface area contributed by atoms with Crippen LogP contribution in [0, 0.1) is 0 Å². The molecule has 1 aromatic heterocycles. The Morgan fingerprint density at radius 3 is 3.00 bits per heavy atom. The first-order valence-corrected chi connectivity index (χ1v) is 7.16. The molecule has 0 aliphatic carbocycles. The van der Waals surface area contributed by atoms with Crippen LogP contribution in [0.2, 0.25) is 0 Å². The molecule has 0 aromatic carbocycles. The number of H-pyrrole nitrogens is 1. The molecule has 0 spiro atoms. The van der Waals surface area contributed by atoms with Crippen LogP contribution in [-0.2, 0) is 16.4 Å². The van der Waals surface area contributed by atoms with Gasteiger partial charge in [-0.15, -0.1) is 0 Å². The maximum absolute atomic E-state index is 11.1. The molecule has 0 fully saturated rings. The van der Waals surface area contributed by atoms with E-state index in [-0.39, 0.29) is 5.75 Å². The van der Waals surface area contributed by atoms with Crippen molar-refractivity contribution in [3.63, 3.8) is 0 Å². The minimum Gasteiger partial charge on any atom is -0.367 e. The summed E-state index contributed by atoms with van der Waals surface area (Å²) in [4.78, 5) is 3.08. The third-order valence-corrected chi connectivity index (χ3v) is 3.83. The number of hydrogen-bond acceptors (Lipinski definition) is 3. The first-order valence-electron chi connectivity index (χ1n) is 5.10. The Morgan fingerprint density at radius 2 is 2.27 bits per heavy atom. The summed E-state index contributed by atoms with van der Waals surface area (Å²) in [7, 11) is -2.85. The van der Waals surface area contributed by atoms with Crippen LogP contribution in [-0.4, -0.2) is 32.0 Å². The molecule has 2 rings (SSSR count). The number of aromatic amines is 1. The molecule has 1 atom stereocenters. The van der Waals surface area contributed by atoms with Crippen LogP contribution in [0.25, 0.3) is 0 Å². The quantitative estimate of drug-likeness (QED) is 0.798. The Kier molecular flexibility index (Phi) is 2.84. The predicted octanol–water partition coefficient (Wildman–Crippen LogP) is 0.636. The van der Waals surface area contributed by atoms with Gasteiger partial charge in [-0.1, -0.05) is 0 Å². The van der Waals surface area contributed by atoms with Gasteiger partial charge in [0.1, 0.15) is 9.84 Å². The van der Waals surface area contributed by atoms with Crippen molar-refractivity contribution in [1.82, 2.24) is 10.3 Å². The second kappa shape index (κ2) is 3.98. The summed E-state index contributed by atoms with van der Waals surface area (Å²) in [5.74, 6) is 0.596. The molecular formula is C10H16N2O2S. The van der Waals surface area contributed by atoms with E-state index in [1.165, 1.54) is 17.4 Å². The number of rotatable bonds is 3. The average molecular weight is 228 g/mol. The summed E-state index contributed by atoms with van der Waals surface area (Å²) in [6.45, 7) is 1.76. The summed E-state index contributed by atoms with van der Waals surface area (Å²) in [5.41, 5.74) is 2.54. The van der Waals surface area contributed by atoms with Crippen LogP contribution < -0.4 is 5.32 Å². The molecule has 2 N–H and O–H groups in total. The highest BCUT2D eigenvalue weighted by Gasteiger charge is 2.21. The second-order valence-electron chi connectivity index (χ2n) is 4.18. The molecule has 1 aliphatic rings. The third-order valence-electron chi connectivity index (χ3n) is 2.85. The number of fused-ring (bicyclic) bond motifs is 1. The molecule has 5 heteroatoms. The fourth-order valence-corrected chi connectivity index (χ4v) is 2.76. The van der Waals surface area contributed by atoms with Crippen LogP contribution in [0.15, 0.2) is 12.4 Å². The van der Waals surface area contributed by atoms with Gasteiger partial charge in [0.05, 0.1) is 5.75 Å². The van der Waals surface area contributed by atoms with Gasteiger partial charge in [-0.3, -0.25) is 0 Å².